The molecule has 5 heteroatoms. The maximum absolute atomic E-state index is 5.82. The van der Waals surface area contributed by atoms with Gasteiger partial charge in [-0.15, -0.1) is 0 Å². The van der Waals surface area contributed by atoms with Gasteiger partial charge in [-0.05, 0) is 18.8 Å². The van der Waals surface area contributed by atoms with Crippen molar-refractivity contribution in [1.29, 1.82) is 0 Å². The van der Waals surface area contributed by atoms with Crippen molar-refractivity contribution in [3.63, 3.8) is 0 Å². The van der Waals surface area contributed by atoms with E-state index >= 15 is 0 Å². The minimum Gasteiger partial charge on any atom is -0.248 e. The van der Waals surface area contributed by atoms with Crippen molar-refractivity contribution < 1.29 is 0 Å². The molecule has 0 bridgehead atoms. The summed E-state index contributed by atoms with van der Waals surface area (Å²) >= 11 is 5.82. The topological polar surface area (TPSA) is 43.6 Å². The first-order valence-electron chi connectivity index (χ1n) is 5.17. The zero-order valence-electron chi connectivity index (χ0n) is 8.23. The van der Waals surface area contributed by atoms with Crippen molar-refractivity contribution in [2.24, 2.45) is 5.92 Å². The Morgan fingerprint density at radius 3 is 3.00 bits per heavy atom. The molecule has 0 radical (unpaired) electrons. The maximum atomic E-state index is 5.82. The molecule has 2 heterocycles. The van der Waals surface area contributed by atoms with E-state index in [1.54, 1.807) is 12.4 Å². The fraction of sp³-hybridized carbons (Fsp3) is 0.500. The van der Waals surface area contributed by atoms with Crippen molar-refractivity contribution in [3.8, 4) is 0 Å². The molecule has 0 unspecified atom stereocenters. The summed E-state index contributed by atoms with van der Waals surface area (Å²) in [6.45, 7) is 0.943. The molecule has 2 aromatic heterocycles. The first-order valence-corrected chi connectivity index (χ1v) is 5.55. The fourth-order valence-electron chi connectivity index (χ4n) is 1.88. The zero-order valence-corrected chi connectivity index (χ0v) is 8.98. The first kappa shape index (κ1) is 9.09. The number of hydrogen-bond acceptors (Lipinski definition) is 3. The van der Waals surface area contributed by atoms with Crippen LogP contribution in [-0.2, 0) is 6.54 Å². The monoisotopic (exact) mass is 222 g/mol. The maximum Gasteiger partial charge on any atom is 0.178 e. The van der Waals surface area contributed by atoms with Crippen LogP contribution in [0.4, 0.5) is 0 Å². The van der Waals surface area contributed by atoms with E-state index in [4.69, 9.17) is 11.6 Å². The highest BCUT2D eigenvalue weighted by Gasteiger charge is 2.19. The summed E-state index contributed by atoms with van der Waals surface area (Å²) in [5.41, 5.74) is 1.62. The first-order chi connectivity index (χ1) is 7.33. The van der Waals surface area contributed by atoms with Gasteiger partial charge in [-0.3, -0.25) is 0 Å². The lowest BCUT2D eigenvalue weighted by molar-refractivity contribution is 0.269. The summed E-state index contributed by atoms with van der Waals surface area (Å²) in [6, 6.07) is 0. The molecule has 0 N–H and O–H groups in total. The molecule has 0 aromatic carbocycles. The van der Waals surface area contributed by atoms with E-state index in [0.717, 1.165) is 23.6 Å². The summed E-state index contributed by atoms with van der Waals surface area (Å²) in [4.78, 5) is 8.43. The Morgan fingerprint density at radius 2 is 2.27 bits per heavy atom. The van der Waals surface area contributed by atoms with Gasteiger partial charge in [0.25, 0.3) is 0 Å². The smallest absolute Gasteiger partial charge is 0.178 e. The van der Waals surface area contributed by atoms with Crippen molar-refractivity contribution in [2.75, 3.05) is 0 Å². The Kier molecular flexibility index (Phi) is 2.09. The number of nitrogens with zero attached hydrogens (tertiary/aromatic N) is 4. The van der Waals surface area contributed by atoms with Crippen LogP contribution in [0.1, 0.15) is 19.3 Å². The third-order valence-corrected chi connectivity index (χ3v) is 3.15. The second-order valence-electron chi connectivity index (χ2n) is 4.03. The molecule has 4 nitrogen and oxygen atoms in total. The highest BCUT2D eigenvalue weighted by Crippen LogP contribution is 2.28. The molecule has 1 saturated carbocycles. The lowest BCUT2D eigenvalue weighted by Gasteiger charge is -2.24. The van der Waals surface area contributed by atoms with Gasteiger partial charge in [-0.2, -0.15) is 5.10 Å². The summed E-state index contributed by atoms with van der Waals surface area (Å²) in [7, 11) is 0. The Balaban J connectivity index is 1.98. The molecule has 0 spiro atoms. The molecule has 0 aliphatic heterocycles. The molecule has 15 heavy (non-hydrogen) atoms. The van der Waals surface area contributed by atoms with E-state index in [1.165, 1.54) is 19.3 Å². The number of hydrogen-bond donors (Lipinski definition) is 0. The highest BCUT2D eigenvalue weighted by atomic mass is 35.5. The summed E-state index contributed by atoms with van der Waals surface area (Å²) in [6.07, 6.45) is 7.25. The van der Waals surface area contributed by atoms with Crippen molar-refractivity contribution in [1.82, 2.24) is 19.7 Å². The van der Waals surface area contributed by atoms with Gasteiger partial charge < -0.3 is 0 Å². The van der Waals surface area contributed by atoms with Crippen LogP contribution in [-0.4, -0.2) is 19.7 Å². The van der Waals surface area contributed by atoms with Crippen LogP contribution >= 0.6 is 11.6 Å². The third-order valence-electron chi connectivity index (χ3n) is 2.97. The quantitative estimate of drug-likeness (QED) is 0.783. The minimum atomic E-state index is 0.429. The Hall–Kier alpha value is -1.16. The standard InChI is InChI=1S/C10H11ClN4/c11-9-5-12-8-4-13-15(10(8)14-9)6-7-2-1-3-7/h4-5,7H,1-3,6H2. The summed E-state index contributed by atoms with van der Waals surface area (Å²) in [5.74, 6) is 0.758. The largest absolute Gasteiger partial charge is 0.248 e. The van der Waals surface area contributed by atoms with Gasteiger partial charge in [0.1, 0.15) is 10.7 Å². The molecule has 78 valence electrons. The van der Waals surface area contributed by atoms with Crippen molar-refractivity contribution in [2.45, 2.75) is 25.8 Å². The van der Waals surface area contributed by atoms with Gasteiger partial charge in [0.15, 0.2) is 5.65 Å². The number of halogens is 1. The molecular weight excluding hydrogens is 212 g/mol. The second kappa shape index (κ2) is 3.45. The van der Waals surface area contributed by atoms with Gasteiger partial charge in [-0.1, -0.05) is 18.0 Å². The van der Waals surface area contributed by atoms with Crippen LogP contribution < -0.4 is 0 Å². The molecule has 1 fully saturated rings. The third kappa shape index (κ3) is 1.59. The highest BCUT2D eigenvalue weighted by molar-refractivity contribution is 6.29. The van der Waals surface area contributed by atoms with E-state index in [0.29, 0.717) is 5.15 Å². The normalized spacial score (nSPS) is 16.9. The minimum absolute atomic E-state index is 0.429. The molecule has 1 aliphatic carbocycles. The van der Waals surface area contributed by atoms with Gasteiger partial charge in [0.05, 0.1) is 12.4 Å². The predicted octanol–water partition coefficient (Wildman–Crippen LogP) is 2.28. The van der Waals surface area contributed by atoms with Crippen LogP contribution in [0, 0.1) is 5.92 Å². The molecule has 0 atom stereocenters. The summed E-state index contributed by atoms with van der Waals surface area (Å²) in [5, 5.41) is 4.72. The average molecular weight is 223 g/mol. The fourth-order valence-corrected chi connectivity index (χ4v) is 2.01. The molecule has 3 rings (SSSR count). The number of aromatic nitrogens is 4. The van der Waals surface area contributed by atoms with E-state index < -0.39 is 0 Å². The Labute approximate surface area is 92.3 Å². The van der Waals surface area contributed by atoms with E-state index in [2.05, 4.69) is 15.1 Å². The molecule has 2 aromatic rings. The summed E-state index contributed by atoms with van der Waals surface area (Å²) < 4.78 is 1.91. The van der Waals surface area contributed by atoms with Crippen LogP contribution in [0.15, 0.2) is 12.4 Å². The van der Waals surface area contributed by atoms with Gasteiger partial charge in [0.2, 0.25) is 0 Å². The van der Waals surface area contributed by atoms with Gasteiger partial charge >= 0.3 is 0 Å². The number of rotatable bonds is 2. The number of fused-ring (bicyclic) bond motifs is 1. The van der Waals surface area contributed by atoms with Gasteiger partial charge in [0, 0.05) is 6.54 Å². The lowest BCUT2D eigenvalue weighted by atomic mass is 9.85. The average Bonchev–Trinajstić information content (AvgIpc) is 2.54. The Morgan fingerprint density at radius 1 is 1.40 bits per heavy atom. The SMILES string of the molecule is Clc1cnc2cnn(CC3CCC3)c2n1. The predicted molar refractivity (Wildman–Crippen MR) is 57.7 cm³/mol. The van der Waals surface area contributed by atoms with E-state index in [-0.39, 0.29) is 0 Å². The van der Waals surface area contributed by atoms with Crippen LogP contribution in [0.2, 0.25) is 5.15 Å². The van der Waals surface area contributed by atoms with Crippen LogP contribution in [0.3, 0.4) is 0 Å². The molecule has 0 saturated heterocycles. The lowest BCUT2D eigenvalue weighted by Crippen LogP contribution is -2.18. The molecule has 0 amide bonds. The van der Waals surface area contributed by atoms with Crippen molar-refractivity contribution >= 4 is 22.8 Å². The van der Waals surface area contributed by atoms with Crippen LogP contribution in [0.25, 0.3) is 11.2 Å². The van der Waals surface area contributed by atoms with E-state index in [9.17, 15) is 0 Å². The second-order valence-corrected chi connectivity index (χ2v) is 4.41. The molecular formula is C10H11ClN4. The van der Waals surface area contributed by atoms with E-state index in [1.807, 2.05) is 4.68 Å². The molecule has 1 aliphatic rings. The Bertz CT molecular complexity index is 489. The zero-order chi connectivity index (χ0) is 10.3. The van der Waals surface area contributed by atoms with Crippen molar-refractivity contribution in [3.05, 3.63) is 17.5 Å². The van der Waals surface area contributed by atoms with Gasteiger partial charge in [-0.25, -0.2) is 14.6 Å². The van der Waals surface area contributed by atoms with Crippen LogP contribution in [0.5, 0.6) is 0 Å².